The van der Waals surface area contributed by atoms with Crippen LogP contribution in [0.4, 0.5) is 5.82 Å². The fourth-order valence-electron chi connectivity index (χ4n) is 2.76. The second-order valence-electron chi connectivity index (χ2n) is 5.48. The topological polar surface area (TPSA) is 50.7 Å². The Kier molecular flexibility index (Phi) is 4.65. The van der Waals surface area contributed by atoms with Crippen molar-refractivity contribution >= 4 is 17.4 Å². The molecule has 2 heterocycles. The normalized spacial score (nSPS) is 15.9. The summed E-state index contributed by atoms with van der Waals surface area (Å²) in [5, 5.41) is 3.83. The summed E-state index contributed by atoms with van der Waals surface area (Å²) < 4.78 is 0. The third-order valence-electron chi connectivity index (χ3n) is 3.91. The number of hydrogen-bond acceptors (Lipinski definition) is 4. The quantitative estimate of drug-likeness (QED) is 0.861. The zero-order valence-corrected chi connectivity index (χ0v) is 12.7. The predicted octanol–water partition coefficient (Wildman–Crippen LogP) is 4.18. The van der Waals surface area contributed by atoms with Gasteiger partial charge in [0.1, 0.15) is 16.8 Å². The molecule has 4 nitrogen and oxygen atoms in total. The Morgan fingerprint density at radius 2 is 1.86 bits per heavy atom. The number of nitrogens with one attached hydrogen (secondary N) is 1. The van der Waals surface area contributed by atoms with Gasteiger partial charge in [0.25, 0.3) is 0 Å². The van der Waals surface area contributed by atoms with Gasteiger partial charge in [-0.1, -0.05) is 30.9 Å². The summed E-state index contributed by atoms with van der Waals surface area (Å²) in [4.78, 5) is 13.1. The van der Waals surface area contributed by atoms with E-state index in [-0.39, 0.29) is 0 Å². The summed E-state index contributed by atoms with van der Waals surface area (Å²) in [6, 6.07) is 5.75. The van der Waals surface area contributed by atoms with Crippen LogP contribution < -0.4 is 5.32 Å². The molecule has 0 atom stereocenters. The third kappa shape index (κ3) is 3.91. The first-order chi connectivity index (χ1) is 10.3. The smallest absolute Gasteiger partial charge is 0.135 e. The molecule has 0 spiro atoms. The Morgan fingerprint density at radius 3 is 2.62 bits per heavy atom. The Labute approximate surface area is 130 Å². The number of halogens is 1. The molecule has 2 aromatic heterocycles. The monoisotopic (exact) mass is 302 g/mol. The van der Waals surface area contributed by atoms with E-state index >= 15 is 0 Å². The first-order valence-electron chi connectivity index (χ1n) is 7.48. The molecule has 1 aliphatic carbocycles. The van der Waals surface area contributed by atoms with Crippen molar-refractivity contribution in [2.75, 3.05) is 5.32 Å². The fraction of sp³-hybridized carbons (Fsp3) is 0.438. The van der Waals surface area contributed by atoms with Crippen LogP contribution in [0.3, 0.4) is 0 Å². The van der Waals surface area contributed by atoms with E-state index in [9.17, 15) is 0 Å². The SMILES string of the molecule is Clc1cc(NCc2ccncc2)nc(C2CCCCC2)n1. The Morgan fingerprint density at radius 1 is 1.10 bits per heavy atom. The van der Waals surface area contributed by atoms with E-state index in [1.807, 2.05) is 12.1 Å². The van der Waals surface area contributed by atoms with E-state index in [2.05, 4.69) is 20.3 Å². The number of anilines is 1. The second-order valence-corrected chi connectivity index (χ2v) is 5.87. The van der Waals surface area contributed by atoms with Crippen LogP contribution in [0, 0.1) is 0 Å². The van der Waals surface area contributed by atoms with Gasteiger partial charge in [-0.25, -0.2) is 9.97 Å². The van der Waals surface area contributed by atoms with Crippen LogP contribution in [-0.4, -0.2) is 15.0 Å². The zero-order valence-electron chi connectivity index (χ0n) is 11.9. The van der Waals surface area contributed by atoms with Crippen LogP contribution in [-0.2, 0) is 6.54 Å². The molecular formula is C16H19ClN4. The lowest BCUT2D eigenvalue weighted by molar-refractivity contribution is 0.429. The van der Waals surface area contributed by atoms with E-state index in [1.165, 1.54) is 37.7 Å². The highest BCUT2D eigenvalue weighted by Crippen LogP contribution is 2.31. The molecule has 1 saturated carbocycles. The molecule has 0 saturated heterocycles. The number of hydrogen-bond donors (Lipinski definition) is 1. The lowest BCUT2D eigenvalue weighted by atomic mass is 9.89. The van der Waals surface area contributed by atoms with Crippen LogP contribution >= 0.6 is 11.6 Å². The summed E-state index contributed by atoms with van der Waals surface area (Å²) >= 11 is 6.15. The molecular weight excluding hydrogens is 284 g/mol. The van der Waals surface area contributed by atoms with Gasteiger partial charge in [-0.05, 0) is 30.5 Å². The van der Waals surface area contributed by atoms with Gasteiger partial charge in [0.15, 0.2) is 0 Å². The minimum absolute atomic E-state index is 0.457. The second kappa shape index (κ2) is 6.85. The van der Waals surface area contributed by atoms with Crippen LogP contribution in [0.15, 0.2) is 30.6 Å². The minimum Gasteiger partial charge on any atom is -0.366 e. The molecule has 1 N–H and O–H groups in total. The maximum atomic E-state index is 6.15. The molecule has 3 rings (SSSR count). The molecule has 1 aliphatic rings. The van der Waals surface area contributed by atoms with Crippen molar-refractivity contribution in [2.24, 2.45) is 0 Å². The maximum Gasteiger partial charge on any atom is 0.135 e. The summed E-state index contributed by atoms with van der Waals surface area (Å²) in [7, 11) is 0. The van der Waals surface area contributed by atoms with E-state index in [0.717, 1.165) is 11.6 Å². The van der Waals surface area contributed by atoms with Crippen molar-refractivity contribution in [3.05, 3.63) is 47.1 Å². The number of rotatable bonds is 4. The minimum atomic E-state index is 0.457. The zero-order chi connectivity index (χ0) is 14.5. The predicted molar refractivity (Wildman–Crippen MR) is 84.4 cm³/mol. The van der Waals surface area contributed by atoms with Gasteiger partial charge < -0.3 is 5.32 Å². The first-order valence-corrected chi connectivity index (χ1v) is 7.86. The van der Waals surface area contributed by atoms with Crippen LogP contribution in [0.1, 0.15) is 49.4 Å². The van der Waals surface area contributed by atoms with Gasteiger partial charge in [-0.2, -0.15) is 0 Å². The average molecular weight is 303 g/mol. The highest BCUT2D eigenvalue weighted by Gasteiger charge is 2.19. The van der Waals surface area contributed by atoms with Crippen molar-refractivity contribution in [1.82, 2.24) is 15.0 Å². The lowest BCUT2D eigenvalue weighted by Crippen LogP contribution is -2.11. The standard InChI is InChI=1S/C16H19ClN4/c17-14-10-15(19-11-12-6-8-18-9-7-12)21-16(20-14)13-4-2-1-3-5-13/h6-10,13H,1-5,11H2,(H,19,20,21). The van der Waals surface area contributed by atoms with E-state index < -0.39 is 0 Å². The molecule has 0 aliphatic heterocycles. The van der Waals surface area contributed by atoms with Crippen LogP contribution in [0.2, 0.25) is 5.15 Å². The van der Waals surface area contributed by atoms with Gasteiger partial charge in [-0.15, -0.1) is 0 Å². The van der Waals surface area contributed by atoms with Gasteiger partial charge in [0.2, 0.25) is 0 Å². The Bertz CT molecular complexity index is 582. The van der Waals surface area contributed by atoms with Crippen molar-refractivity contribution in [3.8, 4) is 0 Å². The largest absolute Gasteiger partial charge is 0.366 e. The average Bonchev–Trinajstić information content (AvgIpc) is 2.54. The molecule has 1 fully saturated rings. The summed E-state index contributed by atoms with van der Waals surface area (Å²) in [5.74, 6) is 2.14. The number of nitrogens with zero attached hydrogens (tertiary/aromatic N) is 3. The molecule has 0 aromatic carbocycles. The molecule has 0 amide bonds. The molecule has 110 valence electrons. The van der Waals surface area contributed by atoms with Crippen LogP contribution in [0.5, 0.6) is 0 Å². The fourth-order valence-corrected chi connectivity index (χ4v) is 2.95. The van der Waals surface area contributed by atoms with E-state index in [4.69, 9.17) is 11.6 Å². The van der Waals surface area contributed by atoms with Gasteiger partial charge >= 0.3 is 0 Å². The Hall–Kier alpha value is -1.68. The van der Waals surface area contributed by atoms with Crippen LogP contribution in [0.25, 0.3) is 0 Å². The first kappa shape index (κ1) is 14.3. The third-order valence-corrected chi connectivity index (χ3v) is 4.10. The lowest BCUT2D eigenvalue weighted by Gasteiger charge is -2.20. The highest BCUT2D eigenvalue weighted by atomic mass is 35.5. The molecule has 0 unspecified atom stereocenters. The van der Waals surface area contributed by atoms with Gasteiger partial charge in [0.05, 0.1) is 0 Å². The van der Waals surface area contributed by atoms with E-state index in [1.54, 1.807) is 18.5 Å². The van der Waals surface area contributed by atoms with Crippen molar-refractivity contribution in [2.45, 2.75) is 44.6 Å². The number of pyridine rings is 1. The van der Waals surface area contributed by atoms with E-state index in [0.29, 0.717) is 17.6 Å². The summed E-state index contributed by atoms with van der Waals surface area (Å²) in [5.41, 5.74) is 1.17. The molecule has 21 heavy (non-hydrogen) atoms. The van der Waals surface area contributed by atoms with Crippen molar-refractivity contribution in [3.63, 3.8) is 0 Å². The summed E-state index contributed by atoms with van der Waals surface area (Å²) in [6.45, 7) is 0.708. The molecule has 0 radical (unpaired) electrons. The number of aromatic nitrogens is 3. The molecule has 5 heteroatoms. The molecule has 0 bridgehead atoms. The summed E-state index contributed by atoms with van der Waals surface area (Å²) in [6.07, 6.45) is 9.77. The van der Waals surface area contributed by atoms with Crippen molar-refractivity contribution in [1.29, 1.82) is 0 Å². The Balaban J connectivity index is 1.71. The van der Waals surface area contributed by atoms with Gasteiger partial charge in [-0.3, -0.25) is 4.98 Å². The maximum absolute atomic E-state index is 6.15. The van der Waals surface area contributed by atoms with Crippen molar-refractivity contribution < 1.29 is 0 Å². The molecule has 2 aromatic rings. The van der Waals surface area contributed by atoms with Gasteiger partial charge in [0, 0.05) is 30.9 Å². The highest BCUT2D eigenvalue weighted by molar-refractivity contribution is 6.29.